The smallest absolute Gasteiger partial charge is 0.271 e. The fourth-order valence-electron chi connectivity index (χ4n) is 1.84. The van der Waals surface area contributed by atoms with Gasteiger partial charge < -0.3 is 0 Å². The molecule has 0 unspecified atom stereocenters. The predicted molar refractivity (Wildman–Crippen MR) is 85.4 cm³/mol. The Kier molecular flexibility index (Phi) is 3.97. The molecule has 1 aromatic carbocycles. The maximum absolute atomic E-state index is 13.6. The number of aromatic nitrogens is 2. The van der Waals surface area contributed by atoms with Crippen LogP contribution >= 0.6 is 11.3 Å². The second kappa shape index (κ2) is 5.94. The van der Waals surface area contributed by atoms with Gasteiger partial charge >= 0.3 is 0 Å². The first-order valence-corrected chi connectivity index (χ1v) is 8.74. The topological polar surface area (TPSA) is 91.9 Å². The Morgan fingerprint density at radius 3 is 2.65 bits per heavy atom. The number of thiophene rings is 1. The van der Waals surface area contributed by atoms with E-state index in [9.17, 15) is 17.6 Å². The van der Waals surface area contributed by atoms with Crippen LogP contribution in [0, 0.1) is 5.82 Å². The minimum atomic E-state index is -3.90. The molecule has 23 heavy (non-hydrogen) atoms. The summed E-state index contributed by atoms with van der Waals surface area (Å²) in [5.74, 6) is -0.657. The molecule has 3 aromatic rings. The third-order valence-corrected chi connectivity index (χ3v) is 5.74. The third-order valence-electron chi connectivity index (χ3n) is 2.93. The zero-order chi connectivity index (χ0) is 16.4. The summed E-state index contributed by atoms with van der Waals surface area (Å²) >= 11 is 0.976. The minimum absolute atomic E-state index is 0.0174. The summed E-state index contributed by atoms with van der Waals surface area (Å²) in [4.78, 5) is 11.0. The van der Waals surface area contributed by atoms with Crippen LogP contribution in [0.25, 0.3) is 11.3 Å². The van der Waals surface area contributed by atoms with Crippen molar-refractivity contribution in [3.8, 4) is 11.3 Å². The molecule has 9 heteroatoms. The summed E-state index contributed by atoms with van der Waals surface area (Å²) in [7, 11) is -3.90. The highest BCUT2D eigenvalue weighted by molar-refractivity contribution is 7.94. The SMILES string of the molecule is O=c1ccc(-c2csc(S(=O)(=O)Nc3ccccc3F)c2)n[nH]1. The summed E-state index contributed by atoms with van der Waals surface area (Å²) in [6.45, 7) is 0. The second-order valence-corrected chi connectivity index (χ2v) is 7.37. The van der Waals surface area contributed by atoms with E-state index in [2.05, 4.69) is 14.9 Å². The van der Waals surface area contributed by atoms with Crippen LogP contribution in [-0.2, 0) is 10.0 Å². The number of nitrogens with one attached hydrogen (secondary N) is 2. The van der Waals surface area contributed by atoms with E-state index in [4.69, 9.17) is 0 Å². The molecule has 0 aliphatic heterocycles. The van der Waals surface area contributed by atoms with Crippen molar-refractivity contribution in [2.24, 2.45) is 0 Å². The number of benzene rings is 1. The molecule has 0 spiro atoms. The number of para-hydroxylation sites is 1. The van der Waals surface area contributed by atoms with E-state index in [1.165, 1.54) is 42.5 Å². The third kappa shape index (κ3) is 3.30. The van der Waals surface area contributed by atoms with E-state index in [0.29, 0.717) is 11.3 Å². The molecular weight excluding hydrogens is 341 g/mol. The quantitative estimate of drug-likeness (QED) is 0.755. The van der Waals surface area contributed by atoms with Crippen LogP contribution in [0.4, 0.5) is 10.1 Å². The molecule has 2 aromatic heterocycles. The molecule has 0 fully saturated rings. The fourth-order valence-corrected chi connectivity index (χ4v) is 4.08. The lowest BCUT2D eigenvalue weighted by Crippen LogP contribution is -2.12. The van der Waals surface area contributed by atoms with Crippen LogP contribution in [0.15, 0.2) is 56.8 Å². The number of sulfonamides is 1. The Morgan fingerprint density at radius 1 is 1.17 bits per heavy atom. The van der Waals surface area contributed by atoms with Gasteiger partial charge in [0.1, 0.15) is 10.0 Å². The average molecular weight is 351 g/mol. The van der Waals surface area contributed by atoms with Gasteiger partial charge in [-0.3, -0.25) is 9.52 Å². The lowest BCUT2D eigenvalue weighted by Gasteiger charge is -2.06. The van der Waals surface area contributed by atoms with Gasteiger partial charge in [0.05, 0.1) is 11.4 Å². The highest BCUT2D eigenvalue weighted by Crippen LogP contribution is 2.28. The number of H-pyrrole nitrogens is 1. The zero-order valence-corrected chi connectivity index (χ0v) is 13.1. The molecule has 118 valence electrons. The van der Waals surface area contributed by atoms with E-state index >= 15 is 0 Å². The Balaban J connectivity index is 1.91. The van der Waals surface area contributed by atoms with Crippen LogP contribution in [-0.4, -0.2) is 18.6 Å². The minimum Gasteiger partial charge on any atom is -0.276 e. The molecule has 0 aliphatic carbocycles. The lowest BCUT2D eigenvalue weighted by atomic mass is 10.2. The first kappa shape index (κ1) is 15.4. The standard InChI is InChI=1S/C14H10FN3O3S2/c15-10-3-1-2-4-12(10)18-23(20,21)14-7-9(8-22-14)11-5-6-13(19)17-16-11/h1-8,18H,(H,17,19). The first-order valence-electron chi connectivity index (χ1n) is 6.38. The van der Waals surface area contributed by atoms with Crippen molar-refractivity contribution in [1.29, 1.82) is 0 Å². The number of anilines is 1. The molecule has 6 nitrogen and oxygen atoms in total. The summed E-state index contributed by atoms with van der Waals surface area (Å²) in [6, 6.07) is 9.71. The highest BCUT2D eigenvalue weighted by Gasteiger charge is 2.19. The average Bonchev–Trinajstić information content (AvgIpc) is 3.01. The van der Waals surface area contributed by atoms with E-state index in [1.807, 2.05) is 0 Å². The number of nitrogens with zero attached hydrogens (tertiary/aromatic N) is 1. The van der Waals surface area contributed by atoms with Gasteiger partial charge in [-0.25, -0.2) is 17.9 Å². The van der Waals surface area contributed by atoms with Gasteiger partial charge in [-0.1, -0.05) is 12.1 Å². The van der Waals surface area contributed by atoms with E-state index in [0.717, 1.165) is 11.3 Å². The molecule has 0 radical (unpaired) electrons. The first-order chi connectivity index (χ1) is 11.0. The molecule has 2 heterocycles. The van der Waals surface area contributed by atoms with E-state index in [1.54, 1.807) is 5.38 Å². The van der Waals surface area contributed by atoms with Crippen molar-refractivity contribution in [2.45, 2.75) is 4.21 Å². The molecule has 0 aliphatic rings. The Bertz CT molecular complexity index is 991. The molecule has 0 saturated carbocycles. The van der Waals surface area contributed by atoms with Crippen molar-refractivity contribution >= 4 is 27.0 Å². The number of rotatable bonds is 4. The maximum Gasteiger partial charge on any atom is 0.271 e. The van der Waals surface area contributed by atoms with Crippen LogP contribution in [0.1, 0.15) is 0 Å². The van der Waals surface area contributed by atoms with Gasteiger partial charge in [0.15, 0.2) is 0 Å². The van der Waals surface area contributed by atoms with Gasteiger partial charge in [0.25, 0.3) is 15.6 Å². The molecule has 0 bridgehead atoms. The summed E-state index contributed by atoms with van der Waals surface area (Å²) in [5, 5.41) is 7.71. The summed E-state index contributed by atoms with van der Waals surface area (Å²) < 4.78 is 40.4. The number of hydrogen-bond donors (Lipinski definition) is 2. The van der Waals surface area contributed by atoms with Crippen molar-refractivity contribution in [2.75, 3.05) is 4.72 Å². The lowest BCUT2D eigenvalue weighted by molar-refractivity contribution is 0.600. The predicted octanol–water partition coefficient (Wildman–Crippen LogP) is 2.44. The maximum atomic E-state index is 13.6. The molecule has 0 amide bonds. The van der Waals surface area contributed by atoms with Crippen LogP contribution in [0.2, 0.25) is 0 Å². The largest absolute Gasteiger partial charge is 0.276 e. The normalized spacial score (nSPS) is 11.3. The van der Waals surface area contributed by atoms with Crippen LogP contribution in [0.3, 0.4) is 0 Å². The summed E-state index contributed by atoms with van der Waals surface area (Å²) in [5.41, 5.74) is 0.510. The fraction of sp³-hybridized carbons (Fsp3) is 0. The van der Waals surface area contributed by atoms with E-state index in [-0.39, 0.29) is 15.5 Å². The van der Waals surface area contributed by atoms with Crippen molar-refractivity contribution in [1.82, 2.24) is 10.2 Å². The number of halogens is 1. The van der Waals surface area contributed by atoms with Crippen molar-refractivity contribution in [3.05, 3.63) is 64.0 Å². The van der Waals surface area contributed by atoms with E-state index < -0.39 is 15.8 Å². The zero-order valence-electron chi connectivity index (χ0n) is 11.5. The van der Waals surface area contributed by atoms with Crippen LogP contribution < -0.4 is 10.3 Å². The van der Waals surface area contributed by atoms with Gasteiger partial charge in [-0.15, -0.1) is 11.3 Å². The number of aromatic amines is 1. The Morgan fingerprint density at radius 2 is 1.96 bits per heavy atom. The molecular formula is C14H10FN3O3S2. The molecule has 3 rings (SSSR count). The van der Waals surface area contributed by atoms with Crippen LogP contribution in [0.5, 0.6) is 0 Å². The Labute approximate surface area is 134 Å². The summed E-state index contributed by atoms with van der Waals surface area (Å²) in [6.07, 6.45) is 0. The Hall–Kier alpha value is -2.52. The monoisotopic (exact) mass is 351 g/mol. The van der Waals surface area contributed by atoms with Gasteiger partial charge in [-0.2, -0.15) is 5.10 Å². The molecule has 0 saturated heterocycles. The van der Waals surface area contributed by atoms with Gasteiger partial charge in [-0.05, 0) is 24.3 Å². The second-order valence-electron chi connectivity index (χ2n) is 4.55. The molecule has 2 N–H and O–H groups in total. The number of hydrogen-bond acceptors (Lipinski definition) is 5. The molecule has 0 atom stereocenters. The van der Waals surface area contributed by atoms with Gasteiger partial charge in [0, 0.05) is 17.0 Å². The highest BCUT2D eigenvalue weighted by atomic mass is 32.2. The van der Waals surface area contributed by atoms with Gasteiger partial charge in [0.2, 0.25) is 0 Å². The van der Waals surface area contributed by atoms with Crippen molar-refractivity contribution < 1.29 is 12.8 Å². The van der Waals surface area contributed by atoms with Crippen molar-refractivity contribution in [3.63, 3.8) is 0 Å².